The van der Waals surface area contributed by atoms with Crippen molar-refractivity contribution in [2.75, 3.05) is 25.0 Å². The molecule has 6 nitrogen and oxygen atoms in total. The van der Waals surface area contributed by atoms with Gasteiger partial charge in [0.2, 0.25) is 0 Å². The molecule has 0 saturated carbocycles. The van der Waals surface area contributed by atoms with Crippen molar-refractivity contribution >= 4 is 29.9 Å². The molecule has 3 rings (SSSR count). The Balaban J connectivity index is 0.00000192. The van der Waals surface area contributed by atoms with E-state index in [4.69, 9.17) is 10.5 Å². The maximum absolute atomic E-state index is 12.7. The van der Waals surface area contributed by atoms with Crippen LogP contribution >= 0.6 is 12.4 Å². The maximum Gasteiger partial charge on any atom is 0.262 e. The number of fused-ring (bicyclic) bond motifs is 1. The average Bonchev–Trinajstić information content (AvgIpc) is 2.48. The van der Waals surface area contributed by atoms with Crippen molar-refractivity contribution in [3.63, 3.8) is 0 Å². The zero-order valence-electron chi connectivity index (χ0n) is 13.3. The Morgan fingerprint density at radius 2 is 2.17 bits per heavy atom. The van der Waals surface area contributed by atoms with Gasteiger partial charge in [-0.3, -0.25) is 9.59 Å². The largest absolute Gasteiger partial charge is 0.482 e. The van der Waals surface area contributed by atoms with Crippen molar-refractivity contribution in [3.05, 3.63) is 23.8 Å². The lowest BCUT2D eigenvalue weighted by atomic mass is 9.79. The number of rotatable bonds is 1. The highest BCUT2D eigenvalue weighted by Gasteiger charge is 2.35. The van der Waals surface area contributed by atoms with E-state index in [0.29, 0.717) is 30.1 Å². The van der Waals surface area contributed by atoms with Gasteiger partial charge in [-0.25, -0.2) is 0 Å². The highest BCUT2D eigenvalue weighted by atomic mass is 35.5. The molecule has 1 atom stereocenters. The molecule has 1 fully saturated rings. The number of hydrogen-bond acceptors (Lipinski definition) is 4. The van der Waals surface area contributed by atoms with Gasteiger partial charge >= 0.3 is 0 Å². The van der Waals surface area contributed by atoms with E-state index in [-0.39, 0.29) is 42.3 Å². The number of carbonyl (C=O) groups is 2. The summed E-state index contributed by atoms with van der Waals surface area (Å²) in [4.78, 5) is 25.8. The summed E-state index contributed by atoms with van der Waals surface area (Å²) >= 11 is 0. The van der Waals surface area contributed by atoms with Gasteiger partial charge in [-0.2, -0.15) is 0 Å². The van der Waals surface area contributed by atoms with Crippen LogP contribution in [0, 0.1) is 5.41 Å². The lowest BCUT2D eigenvalue weighted by Gasteiger charge is -2.42. The van der Waals surface area contributed by atoms with Crippen molar-refractivity contribution in [1.29, 1.82) is 0 Å². The predicted octanol–water partition coefficient (Wildman–Crippen LogP) is 1.64. The monoisotopic (exact) mass is 339 g/mol. The molecule has 23 heavy (non-hydrogen) atoms. The Labute approximate surface area is 141 Å². The molecule has 2 aliphatic rings. The first kappa shape index (κ1) is 17.6. The Hall–Kier alpha value is -1.79. The smallest absolute Gasteiger partial charge is 0.262 e. The molecule has 1 aromatic rings. The number of halogens is 1. The number of anilines is 1. The van der Waals surface area contributed by atoms with E-state index < -0.39 is 0 Å². The fourth-order valence-electron chi connectivity index (χ4n) is 2.94. The first-order chi connectivity index (χ1) is 10.4. The molecule has 2 amide bonds. The van der Waals surface area contributed by atoms with Crippen LogP contribution in [0.3, 0.4) is 0 Å². The minimum atomic E-state index is -0.182. The molecule has 126 valence electrons. The van der Waals surface area contributed by atoms with E-state index in [2.05, 4.69) is 19.2 Å². The maximum atomic E-state index is 12.7. The van der Waals surface area contributed by atoms with E-state index in [0.717, 1.165) is 6.42 Å². The van der Waals surface area contributed by atoms with Crippen molar-refractivity contribution in [2.45, 2.75) is 26.3 Å². The molecule has 0 bridgehead atoms. The Bertz CT molecular complexity index is 633. The zero-order valence-corrected chi connectivity index (χ0v) is 14.1. The van der Waals surface area contributed by atoms with Gasteiger partial charge in [-0.1, -0.05) is 13.8 Å². The number of nitrogens with two attached hydrogens (primary N) is 1. The molecule has 1 aromatic carbocycles. The molecule has 3 N–H and O–H groups in total. The Morgan fingerprint density at radius 1 is 1.43 bits per heavy atom. The van der Waals surface area contributed by atoms with Crippen LogP contribution in [-0.2, 0) is 4.79 Å². The molecule has 0 aromatic heterocycles. The van der Waals surface area contributed by atoms with E-state index in [1.807, 2.05) is 4.90 Å². The molecule has 7 heteroatoms. The van der Waals surface area contributed by atoms with Crippen LogP contribution in [-0.4, -0.2) is 42.5 Å². The normalized spacial score (nSPS) is 22.3. The summed E-state index contributed by atoms with van der Waals surface area (Å²) in [5.74, 6) is 0.333. The lowest BCUT2D eigenvalue weighted by molar-refractivity contribution is -0.118. The number of piperidine rings is 1. The molecule has 0 radical (unpaired) electrons. The van der Waals surface area contributed by atoms with E-state index >= 15 is 0 Å². The summed E-state index contributed by atoms with van der Waals surface area (Å²) in [7, 11) is 0. The van der Waals surface area contributed by atoms with E-state index in [1.165, 1.54) is 0 Å². The summed E-state index contributed by atoms with van der Waals surface area (Å²) in [6, 6.07) is 5.23. The minimum Gasteiger partial charge on any atom is -0.482 e. The minimum absolute atomic E-state index is 0. The van der Waals surface area contributed by atoms with E-state index in [1.54, 1.807) is 18.2 Å². The molecule has 1 saturated heterocycles. The van der Waals surface area contributed by atoms with Gasteiger partial charge in [0.15, 0.2) is 6.61 Å². The standard InChI is InChI=1S/C16H21N3O3.ClH/c1-16(2)9-19(6-5-13(16)17)15(21)10-3-4-11-12(7-10)22-8-14(20)18-11;/h3-4,7,13H,5-6,8-9,17H2,1-2H3,(H,18,20);1H. The Morgan fingerprint density at radius 3 is 2.87 bits per heavy atom. The lowest BCUT2D eigenvalue weighted by Crippen LogP contribution is -2.54. The third kappa shape index (κ3) is 3.43. The van der Waals surface area contributed by atoms with Crippen LogP contribution in [0.1, 0.15) is 30.6 Å². The highest BCUT2D eigenvalue weighted by Crippen LogP contribution is 2.31. The van der Waals surface area contributed by atoms with Crippen LogP contribution in [0.4, 0.5) is 5.69 Å². The average molecular weight is 340 g/mol. The summed E-state index contributed by atoms with van der Waals surface area (Å²) in [6.07, 6.45) is 0.802. The summed E-state index contributed by atoms with van der Waals surface area (Å²) < 4.78 is 5.37. The van der Waals surface area contributed by atoms with Crippen LogP contribution in [0.2, 0.25) is 0 Å². The quantitative estimate of drug-likeness (QED) is 0.814. The van der Waals surface area contributed by atoms with Gasteiger partial charge in [0, 0.05) is 24.7 Å². The van der Waals surface area contributed by atoms with Crippen molar-refractivity contribution in [3.8, 4) is 5.75 Å². The fourth-order valence-corrected chi connectivity index (χ4v) is 2.94. The van der Waals surface area contributed by atoms with Gasteiger partial charge in [0.1, 0.15) is 5.75 Å². The third-order valence-electron chi connectivity index (χ3n) is 4.46. The molecular weight excluding hydrogens is 318 g/mol. The van der Waals surface area contributed by atoms with Gasteiger partial charge in [-0.05, 0) is 30.0 Å². The number of nitrogens with one attached hydrogen (secondary N) is 1. The van der Waals surface area contributed by atoms with Crippen molar-refractivity contribution in [1.82, 2.24) is 4.90 Å². The van der Waals surface area contributed by atoms with Gasteiger partial charge in [0.05, 0.1) is 5.69 Å². The number of ether oxygens (including phenoxy) is 1. The number of hydrogen-bond donors (Lipinski definition) is 2. The second-order valence-corrected chi connectivity index (χ2v) is 6.66. The van der Waals surface area contributed by atoms with Crippen LogP contribution in [0.5, 0.6) is 5.75 Å². The van der Waals surface area contributed by atoms with Gasteiger partial charge in [0.25, 0.3) is 11.8 Å². The van der Waals surface area contributed by atoms with Crippen LogP contribution in [0.15, 0.2) is 18.2 Å². The summed E-state index contributed by atoms with van der Waals surface area (Å²) in [6.45, 7) is 5.46. The van der Waals surface area contributed by atoms with Gasteiger partial charge in [-0.15, -0.1) is 12.4 Å². The Kier molecular flexibility index (Phi) is 4.87. The number of carbonyl (C=O) groups excluding carboxylic acids is 2. The molecule has 0 spiro atoms. The van der Waals surface area contributed by atoms with Crippen LogP contribution in [0.25, 0.3) is 0 Å². The first-order valence-corrected chi connectivity index (χ1v) is 7.48. The second-order valence-electron chi connectivity index (χ2n) is 6.66. The van der Waals surface area contributed by atoms with Crippen LogP contribution < -0.4 is 15.8 Å². The first-order valence-electron chi connectivity index (χ1n) is 7.48. The number of likely N-dealkylation sites (tertiary alicyclic amines) is 1. The number of benzene rings is 1. The number of nitrogens with zero attached hydrogens (tertiary/aromatic N) is 1. The SMILES string of the molecule is CC1(C)CN(C(=O)c2ccc3c(c2)OCC(=O)N3)CCC1N.Cl. The summed E-state index contributed by atoms with van der Waals surface area (Å²) in [5, 5.41) is 2.72. The molecule has 1 unspecified atom stereocenters. The molecule has 0 aliphatic carbocycles. The third-order valence-corrected chi connectivity index (χ3v) is 4.46. The van der Waals surface area contributed by atoms with Crippen molar-refractivity contribution in [2.24, 2.45) is 11.1 Å². The zero-order chi connectivity index (χ0) is 15.9. The van der Waals surface area contributed by atoms with Gasteiger partial charge < -0.3 is 20.7 Å². The molecule has 2 aliphatic heterocycles. The fraction of sp³-hybridized carbons (Fsp3) is 0.500. The molecule has 2 heterocycles. The predicted molar refractivity (Wildman–Crippen MR) is 90.1 cm³/mol. The highest BCUT2D eigenvalue weighted by molar-refractivity contribution is 5.99. The topological polar surface area (TPSA) is 84.7 Å². The van der Waals surface area contributed by atoms with Crippen molar-refractivity contribution < 1.29 is 14.3 Å². The second kappa shape index (κ2) is 6.37. The van der Waals surface area contributed by atoms with E-state index in [9.17, 15) is 9.59 Å². The number of amides is 2. The molecular formula is C16H22ClN3O3. The summed E-state index contributed by atoms with van der Waals surface area (Å²) in [5.41, 5.74) is 7.20.